The molecule has 0 radical (unpaired) electrons. The van der Waals surface area contributed by atoms with Crippen LogP contribution in [-0.2, 0) is 4.79 Å². The van der Waals surface area contributed by atoms with E-state index in [0.717, 1.165) is 47.3 Å². The topological polar surface area (TPSA) is 50.8 Å². The third-order valence-corrected chi connectivity index (χ3v) is 5.72. The lowest BCUT2D eigenvalue weighted by molar-refractivity contribution is -0.134. The van der Waals surface area contributed by atoms with Crippen LogP contribution < -0.4 is 14.8 Å². The summed E-state index contributed by atoms with van der Waals surface area (Å²) in [6.07, 6.45) is 0.516. The fraction of sp³-hybridized carbons (Fsp3) is 0.381. The third kappa shape index (κ3) is 4.96. The fourth-order valence-corrected chi connectivity index (χ4v) is 4.14. The average molecular weight is 387 g/mol. The highest BCUT2D eigenvalue weighted by molar-refractivity contribution is 7.99. The van der Waals surface area contributed by atoms with Gasteiger partial charge in [0.05, 0.1) is 20.3 Å². The SMILES string of the molecule is COc1ccc(SCCC(=O)N2CCNCC2c2ccccc2OC)cc1. The van der Waals surface area contributed by atoms with Crippen LogP contribution in [-0.4, -0.2) is 50.4 Å². The molecule has 1 unspecified atom stereocenters. The van der Waals surface area contributed by atoms with Crippen molar-refractivity contribution in [2.24, 2.45) is 0 Å². The Bertz CT molecular complexity index is 751. The number of piperazine rings is 1. The van der Waals surface area contributed by atoms with Crippen LogP contribution in [0.1, 0.15) is 18.0 Å². The maximum Gasteiger partial charge on any atom is 0.224 e. The molecule has 1 atom stereocenters. The van der Waals surface area contributed by atoms with Crippen LogP contribution in [0.4, 0.5) is 0 Å². The predicted molar refractivity (Wildman–Crippen MR) is 109 cm³/mol. The Balaban J connectivity index is 1.61. The van der Waals surface area contributed by atoms with E-state index in [9.17, 15) is 4.79 Å². The first-order valence-electron chi connectivity index (χ1n) is 9.13. The molecule has 0 aliphatic carbocycles. The molecule has 1 amide bonds. The molecule has 1 aliphatic heterocycles. The van der Waals surface area contributed by atoms with Gasteiger partial charge in [0, 0.05) is 42.3 Å². The van der Waals surface area contributed by atoms with Gasteiger partial charge in [0.15, 0.2) is 0 Å². The third-order valence-electron chi connectivity index (χ3n) is 4.71. The van der Waals surface area contributed by atoms with Crippen molar-refractivity contribution in [2.45, 2.75) is 17.4 Å². The van der Waals surface area contributed by atoms with E-state index in [2.05, 4.69) is 5.32 Å². The predicted octanol–water partition coefficient (Wildman–Crippen LogP) is 3.36. The number of nitrogens with one attached hydrogen (secondary N) is 1. The smallest absolute Gasteiger partial charge is 0.224 e. The molecule has 6 heteroatoms. The van der Waals surface area contributed by atoms with Gasteiger partial charge in [-0.15, -0.1) is 11.8 Å². The van der Waals surface area contributed by atoms with Crippen molar-refractivity contribution in [1.82, 2.24) is 10.2 Å². The number of carbonyl (C=O) groups is 1. The van der Waals surface area contributed by atoms with E-state index in [1.54, 1.807) is 26.0 Å². The summed E-state index contributed by atoms with van der Waals surface area (Å²) in [7, 11) is 3.33. The molecule has 1 heterocycles. The second-order valence-corrected chi connectivity index (χ2v) is 7.49. The van der Waals surface area contributed by atoms with Crippen LogP contribution in [0.15, 0.2) is 53.4 Å². The van der Waals surface area contributed by atoms with E-state index < -0.39 is 0 Å². The van der Waals surface area contributed by atoms with E-state index in [1.807, 2.05) is 53.4 Å². The van der Waals surface area contributed by atoms with Crippen LogP contribution in [0.5, 0.6) is 11.5 Å². The summed E-state index contributed by atoms with van der Waals surface area (Å²) >= 11 is 1.69. The van der Waals surface area contributed by atoms with Crippen molar-refractivity contribution < 1.29 is 14.3 Å². The largest absolute Gasteiger partial charge is 0.497 e. The van der Waals surface area contributed by atoms with Gasteiger partial charge in [0.1, 0.15) is 11.5 Å². The van der Waals surface area contributed by atoms with Gasteiger partial charge in [0.25, 0.3) is 0 Å². The summed E-state index contributed by atoms with van der Waals surface area (Å²) in [6, 6.07) is 15.9. The number of hydrogen-bond acceptors (Lipinski definition) is 5. The average Bonchev–Trinajstić information content (AvgIpc) is 2.74. The Hall–Kier alpha value is -2.18. The molecule has 144 valence electrons. The molecule has 27 heavy (non-hydrogen) atoms. The molecule has 0 bridgehead atoms. The Morgan fingerprint density at radius 1 is 1.15 bits per heavy atom. The highest BCUT2D eigenvalue weighted by Gasteiger charge is 2.29. The maximum atomic E-state index is 12.9. The first-order chi connectivity index (χ1) is 13.2. The zero-order valence-corrected chi connectivity index (χ0v) is 16.6. The van der Waals surface area contributed by atoms with Crippen molar-refractivity contribution in [3.05, 3.63) is 54.1 Å². The van der Waals surface area contributed by atoms with Crippen LogP contribution in [0.2, 0.25) is 0 Å². The zero-order valence-electron chi connectivity index (χ0n) is 15.8. The lowest BCUT2D eigenvalue weighted by Crippen LogP contribution is -2.48. The van der Waals surface area contributed by atoms with Crippen LogP contribution >= 0.6 is 11.8 Å². The molecule has 5 nitrogen and oxygen atoms in total. The van der Waals surface area contributed by atoms with Crippen molar-refractivity contribution >= 4 is 17.7 Å². The number of ether oxygens (including phenoxy) is 2. The molecule has 1 saturated heterocycles. The number of benzene rings is 2. The summed E-state index contributed by atoms with van der Waals surface area (Å²) in [5.74, 6) is 2.62. The first-order valence-corrected chi connectivity index (χ1v) is 10.1. The Morgan fingerprint density at radius 3 is 2.67 bits per heavy atom. The van der Waals surface area contributed by atoms with Gasteiger partial charge < -0.3 is 19.7 Å². The molecule has 1 fully saturated rings. The standard InChI is InChI=1S/C21H26N2O3S/c1-25-16-7-9-17(10-8-16)27-14-11-21(24)23-13-12-22-15-19(23)18-5-3-4-6-20(18)26-2/h3-10,19,22H,11-15H2,1-2H3. The minimum Gasteiger partial charge on any atom is -0.497 e. The normalized spacial score (nSPS) is 16.8. The van der Waals surface area contributed by atoms with E-state index in [0.29, 0.717) is 6.42 Å². The van der Waals surface area contributed by atoms with Gasteiger partial charge >= 0.3 is 0 Å². The van der Waals surface area contributed by atoms with Crippen LogP contribution in [0.3, 0.4) is 0 Å². The van der Waals surface area contributed by atoms with Crippen molar-refractivity contribution in [2.75, 3.05) is 39.6 Å². The minimum absolute atomic E-state index is 0.00777. The first kappa shape index (κ1) is 19.6. The molecule has 2 aromatic carbocycles. The number of thioether (sulfide) groups is 1. The monoisotopic (exact) mass is 386 g/mol. The van der Waals surface area contributed by atoms with Crippen LogP contribution in [0, 0.1) is 0 Å². The Kier molecular flexibility index (Phi) is 7.01. The van der Waals surface area contributed by atoms with E-state index in [1.165, 1.54) is 0 Å². The molecule has 2 aromatic rings. The molecule has 0 spiro atoms. The van der Waals surface area contributed by atoms with E-state index >= 15 is 0 Å². The van der Waals surface area contributed by atoms with E-state index in [4.69, 9.17) is 9.47 Å². The molecule has 0 aromatic heterocycles. The molecular weight excluding hydrogens is 360 g/mol. The van der Waals surface area contributed by atoms with Gasteiger partial charge in [-0.05, 0) is 30.3 Å². The second-order valence-electron chi connectivity index (χ2n) is 6.32. The second kappa shape index (κ2) is 9.67. The van der Waals surface area contributed by atoms with Crippen LogP contribution in [0.25, 0.3) is 0 Å². The minimum atomic E-state index is 0.00777. The number of amides is 1. The molecular formula is C21H26N2O3S. The van der Waals surface area contributed by atoms with E-state index in [-0.39, 0.29) is 11.9 Å². The van der Waals surface area contributed by atoms with Gasteiger partial charge in [-0.3, -0.25) is 4.79 Å². The zero-order chi connectivity index (χ0) is 19.1. The molecule has 0 saturated carbocycles. The number of rotatable bonds is 7. The summed E-state index contributed by atoms with van der Waals surface area (Å²) in [4.78, 5) is 16.0. The molecule has 3 rings (SSSR count). The lowest BCUT2D eigenvalue weighted by atomic mass is 10.0. The van der Waals surface area contributed by atoms with Crippen molar-refractivity contribution in [1.29, 1.82) is 0 Å². The van der Waals surface area contributed by atoms with Crippen molar-refractivity contribution in [3.8, 4) is 11.5 Å². The Morgan fingerprint density at radius 2 is 1.93 bits per heavy atom. The summed E-state index contributed by atoms with van der Waals surface area (Å²) in [6.45, 7) is 2.29. The summed E-state index contributed by atoms with van der Waals surface area (Å²) in [5.41, 5.74) is 1.06. The summed E-state index contributed by atoms with van der Waals surface area (Å²) < 4.78 is 10.7. The number of carbonyl (C=O) groups excluding carboxylic acids is 1. The quantitative estimate of drug-likeness (QED) is 0.740. The Labute approximate surface area is 165 Å². The van der Waals surface area contributed by atoms with Crippen molar-refractivity contribution in [3.63, 3.8) is 0 Å². The highest BCUT2D eigenvalue weighted by atomic mass is 32.2. The van der Waals surface area contributed by atoms with Gasteiger partial charge in [0.2, 0.25) is 5.91 Å². The summed E-state index contributed by atoms with van der Waals surface area (Å²) in [5, 5.41) is 3.40. The lowest BCUT2D eigenvalue weighted by Gasteiger charge is -2.37. The highest BCUT2D eigenvalue weighted by Crippen LogP contribution is 2.31. The fourth-order valence-electron chi connectivity index (χ4n) is 3.29. The number of para-hydroxylation sites is 1. The molecule has 1 N–H and O–H groups in total. The number of hydrogen-bond donors (Lipinski definition) is 1. The maximum absolute atomic E-state index is 12.9. The number of nitrogens with zero attached hydrogens (tertiary/aromatic N) is 1. The molecule has 1 aliphatic rings. The van der Waals surface area contributed by atoms with Gasteiger partial charge in [-0.1, -0.05) is 18.2 Å². The number of methoxy groups -OCH3 is 2. The van der Waals surface area contributed by atoms with Gasteiger partial charge in [-0.25, -0.2) is 0 Å². The van der Waals surface area contributed by atoms with Gasteiger partial charge in [-0.2, -0.15) is 0 Å².